The van der Waals surface area contributed by atoms with Crippen LogP contribution in [-0.4, -0.2) is 34.7 Å². The minimum absolute atomic E-state index is 0.0463. The fourth-order valence-electron chi connectivity index (χ4n) is 3.25. The molecule has 132 valence electrons. The van der Waals surface area contributed by atoms with Gasteiger partial charge in [0.05, 0.1) is 23.4 Å². The van der Waals surface area contributed by atoms with Crippen molar-refractivity contribution in [3.8, 4) is 6.07 Å². The molecule has 0 radical (unpaired) electrons. The minimum Gasteiger partial charge on any atom is -0.351 e. The Labute approximate surface area is 155 Å². The van der Waals surface area contributed by atoms with Crippen LogP contribution in [0.2, 0.25) is 5.02 Å². The van der Waals surface area contributed by atoms with Crippen molar-refractivity contribution >= 4 is 38.5 Å². The molecule has 1 aliphatic carbocycles. The first-order valence-electron chi connectivity index (χ1n) is 7.87. The predicted molar refractivity (Wildman–Crippen MR) is 98.8 cm³/mol. The molecule has 0 fully saturated rings. The maximum absolute atomic E-state index is 11.6. The Morgan fingerprint density at radius 1 is 1.35 bits per heavy atom. The van der Waals surface area contributed by atoms with E-state index in [1.165, 1.54) is 12.4 Å². The molecule has 0 bridgehead atoms. The van der Waals surface area contributed by atoms with Gasteiger partial charge in [-0.05, 0) is 36.1 Å². The zero-order valence-corrected chi connectivity index (χ0v) is 15.3. The van der Waals surface area contributed by atoms with Crippen molar-refractivity contribution in [1.82, 2.24) is 13.9 Å². The predicted octanol–water partition coefficient (Wildman–Crippen LogP) is 2.34. The number of rotatable bonds is 3. The molecule has 1 N–H and O–H groups in total. The zero-order valence-electron chi connectivity index (χ0n) is 13.8. The molecule has 1 aromatic carbocycles. The standard InChI is InChI=1S/C17H14ClN5O2S/c1-26(24,25)23-8-12-7-20-17(22-16(12)9-23)21-14-4-10-2-13(18)3-11(6-19)15(10)5-14/h2-3,7-9,14H,4-5H2,1H3,(H,21,22)/t14-/m0/s1. The van der Waals surface area contributed by atoms with Gasteiger partial charge in [-0.25, -0.2) is 18.4 Å². The van der Waals surface area contributed by atoms with Crippen LogP contribution < -0.4 is 5.32 Å². The Hall–Kier alpha value is -2.63. The van der Waals surface area contributed by atoms with E-state index in [0.717, 1.165) is 27.8 Å². The maximum atomic E-state index is 11.6. The first-order chi connectivity index (χ1) is 12.3. The molecule has 1 aliphatic rings. The third kappa shape index (κ3) is 3.00. The largest absolute Gasteiger partial charge is 0.351 e. The Kier molecular flexibility index (Phi) is 3.86. The Bertz CT molecular complexity index is 1180. The van der Waals surface area contributed by atoms with Crippen LogP contribution in [0, 0.1) is 11.3 Å². The summed E-state index contributed by atoms with van der Waals surface area (Å²) in [7, 11) is -3.36. The Morgan fingerprint density at radius 3 is 2.88 bits per heavy atom. The molecule has 0 amide bonds. The lowest BCUT2D eigenvalue weighted by Gasteiger charge is -2.11. The normalized spacial score (nSPS) is 16.4. The second-order valence-corrected chi connectivity index (χ2v) is 8.66. The summed E-state index contributed by atoms with van der Waals surface area (Å²) in [6, 6.07) is 5.80. The van der Waals surface area contributed by atoms with Crippen LogP contribution in [0.15, 0.2) is 30.7 Å². The number of benzene rings is 1. The van der Waals surface area contributed by atoms with E-state index in [2.05, 4.69) is 21.4 Å². The summed E-state index contributed by atoms with van der Waals surface area (Å²) < 4.78 is 24.4. The molecule has 0 unspecified atom stereocenters. The fraction of sp³-hybridized carbons (Fsp3) is 0.235. The minimum atomic E-state index is -3.36. The van der Waals surface area contributed by atoms with Crippen LogP contribution in [0.4, 0.5) is 5.95 Å². The van der Waals surface area contributed by atoms with Crippen molar-refractivity contribution in [2.24, 2.45) is 0 Å². The van der Waals surface area contributed by atoms with E-state index in [-0.39, 0.29) is 6.04 Å². The van der Waals surface area contributed by atoms with Gasteiger partial charge in [-0.3, -0.25) is 3.97 Å². The zero-order chi connectivity index (χ0) is 18.5. The van der Waals surface area contributed by atoms with E-state index < -0.39 is 10.0 Å². The number of fused-ring (bicyclic) bond motifs is 2. The van der Waals surface area contributed by atoms with Gasteiger partial charge in [-0.2, -0.15) is 5.26 Å². The number of halogens is 1. The molecule has 2 heterocycles. The van der Waals surface area contributed by atoms with Crippen molar-refractivity contribution in [3.63, 3.8) is 0 Å². The summed E-state index contributed by atoms with van der Waals surface area (Å²) in [4.78, 5) is 8.66. The summed E-state index contributed by atoms with van der Waals surface area (Å²) in [5.41, 5.74) is 3.19. The van der Waals surface area contributed by atoms with E-state index in [4.69, 9.17) is 11.6 Å². The smallest absolute Gasteiger partial charge is 0.235 e. The van der Waals surface area contributed by atoms with Gasteiger partial charge in [0.1, 0.15) is 0 Å². The van der Waals surface area contributed by atoms with Crippen LogP contribution >= 0.6 is 11.6 Å². The monoisotopic (exact) mass is 387 g/mol. The van der Waals surface area contributed by atoms with Crippen molar-refractivity contribution in [2.75, 3.05) is 11.6 Å². The number of nitrogens with zero attached hydrogens (tertiary/aromatic N) is 4. The topological polar surface area (TPSA) is 101 Å². The first-order valence-corrected chi connectivity index (χ1v) is 10.1. The molecule has 0 spiro atoms. The second kappa shape index (κ2) is 5.97. The molecule has 0 saturated carbocycles. The molecular formula is C17H14ClN5O2S. The molecule has 26 heavy (non-hydrogen) atoms. The van der Waals surface area contributed by atoms with Gasteiger partial charge in [-0.15, -0.1) is 0 Å². The van der Waals surface area contributed by atoms with Crippen LogP contribution in [0.25, 0.3) is 10.9 Å². The van der Waals surface area contributed by atoms with E-state index in [0.29, 0.717) is 33.9 Å². The third-order valence-corrected chi connectivity index (χ3v) is 5.62. The SMILES string of the molecule is CS(=O)(=O)n1cc2cnc(N[C@H]3Cc4cc(Cl)cc(C#N)c4C3)nc2c1. The summed E-state index contributed by atoms with van der Waals surface area (Å²) in [5.74, 6) is 0.422. The van der Waals surface area contributed by atoms with E-state index >= 15 is 0 Å². The van der Waals surface area contributed by atoms with E-state index in [9.17, 15) is 13.7 Å². The lowest BCUT2D eigenvalue weighted by Crippen LogP contribution is -2.21. The second-order valence-electron chi connectivity index (χ2n) is 6.34. The average Bonchev–Trinajstić information content (AvgIpc) is 3.16. The van der Waals surface area contributed by atoms with Crippen molar-refractivity contribution in [3.05, 3.63) is 52.4 Å². The molecule has 0 saturated heterocycles. The number of anilines is 1. The van der Waals surface area contributed by atoms with Gasteiger partial charge < -0.3 is 5.32 Å². The molecule has 7 nitrogen and oxygen atoms in total. The van der Waals surface area contributed by atoms with Crippen LogP contribution in [0.3, 0.4) is 0 Å². The highest BCUT2D eigenvalue weighted by atomic mass is 35.5. The number of nitrogens with one attached hydrogen (secondary N) is 1. The fourth-order valence-corrected chi connectivity index (χ4v) is 4.09. The average molecular weight is 388 g/mol. The number of hydrogen-bond acceptors (Lipinski definition) is 6. The first kappa shape index (κ1) is 16.8. The molecule has 9 heteroatoms. The van der Waals surface area contributed by atoms with Gasteiger partial charge in [-0.1, -0.05) is 11.6 Å². The van der Waals surface area contributed by atoms with Crippen molar-refractivity contribution in [1.29, 1.82) is 5.26 Å². The van der Waals surface area contributed by atoms with E-state index in [1.54, 1.807) is 12.3 Å². The summed E-state index contributed by atoms with van der Waals surface area (Å²) in [5, 5.41) is 13.8. The van der Waals surface area contributed by atoms with Gasteiger partial charge in [0, 0.05) is 35.0 Å². The summed E-state index contributed by atoms with van der Waals surface area (Å²) in [6.07, 6.45) is 7.07. The number of nitriles is 1. The highest BCUT2D eigenvalue weighted by Crippen LogP contribution is 2.30. The molecule has 1 atom stereocenters. The van der Waals surface area contributed by atoms with Crippen LogP contribution in [0.5, 0.6) is 0 Å². The Morgan fingerprint density at radius 2 is 2.15 bits per heavy atom. The van der Waals surface area contributed by atoms with E-state index in [1.807, 2.05) is 6.07 Å². The lowest BCUT2D eigenvalue weighted by atomic mass is 10.0. The molecule has 4 rings (SSSR count). The molecular weight excluding hydrogens is 374 g/mol. The highest BCUT2D eigenvalue weighted by Gasteiger charge is 2.25. The van der Waals surface area contributed by atoms with Gasteiger partial charge in [0.25, 0.3) is 0 Å². The molecule has 0 aliphatic heterocycles. The summed E-state index contributed by atoms with van der Waals surface area (Å²) >= 11 is 6.07. The quantitative estimate of drug-likeness (QED) is 0.740. The van der Waals surface area contributed by atoms with Crippen LogP contribution in [-0.2, 0) is 22.9 Å². The third-order valence-electron chi connectivity index (χ3n) is 4.42. The molecule has 2 aromatic heterocycles. The Balaban J connectivity index is 1.60. The van der Waals surface area contributed by atoms with Crippen molar-refractivity contribution in [2.45, 2.75) is 18.9 Å². The van der Waals surface area contributed by atoms with Gasteiger partial charge in [0.2, 0.25) is 16.0 Å². The van der Waals surface area contributed by atoms with Gasteiger partial charge in [0.15, 0.2) is 0 Å². The molecule has 3 aromatic rings. The van der Waals surface area contributed by atoms with Crippen molar-refractivity contribution < 1.29 is 8.42 Å². The number of hydrogen-bond donors (Lipinski definition) is 1. The maximum Gasteiger partial charge on any atom is 0.235 e. The van der Waals surface area contributed by atoms with Gasteiger partial charge >= 0.3 is 0 Å². The highest BCUT2D eigenvalue weighted by molar-refractivity contribution is 7.89. The number of aromatic nitrogens is 3. The van der Waals surface area contributed by atoms with Crippen LogP contribution in [0.1, 0.15) is 16.7 Å². The lowest BCUT2D eigenvalue weighted by molar-refractivity contribution is 0.594. The summed E-state index contributed by atoms with van der Waals surface area (Å²) in [6.45, 7) is 0.